The zero-order valence-corrected chi connectivity index (χ0v) is 14.9. The molecule has 0 bridgehead atoms. The number of carbonyl (C=O) groups is 1. The standard InChI is InChI=1S/C21H26N2O2/c1-15(18-7-5-8-20(12-18)23-16(2)24)22-13-19-6-3-4-9-21(19)25-14-17-10-11-17/h3-9,12,15,17,22H,10-11,13-14H2,1-2H3,(H,23,24)/t15-/m0/s1. The number of hydrogen-bond acceptors (Lipinski definition) is 3. The summed E-state index contributed by atoms with van der Waals surface area (Å²) < 4.78 is 5.97. The van der Waals surface area contributed by atoms with E-state index in [9.17, 15) is 4.79 Å². The van der Waals surface area contributed by atoms with Gasteiger partial charge in [-0.1, -0.05) is 30.3 Å². The molecule has 2 aromatic carbocycles. The molecular formula is C21H26N2O2. The Labute approximate surface area is 149 Å². The fourth-order valence-electron chi connectivity index (χ4n) is 2.75. The van der Waals surface area contributed by atoms with Crippen molar-refractivity contribution in [2.75, 3.05) is 11.9 Å². The molecule has 25 heavy (non-hydrogen) atoms. The first-order chi connectivity index (χ1) is 12.1. The molecule has 4 nitrogen and oxygen atoms in total. The highest BCUT2D eigenvalue weighted by Crippen LogP contribution is 2.30. The summed E-state index contributed by atoms with van der Waals surface area (Å²) in [5, 5.41) is 6.38. The number of nitrogens with one attached hydrogen (secondary N) is 2. The van der Waals surface area contributed by atoms with Crippen LogP contribution in [-0.2, 0) is 11.3 Å². The molecule has 2 N–H and O–H groups in total. The minimum Gasteiger partial charge on any atom is -0.493 e. The van der Waals surface area contributed by atoms with E-state index in [0.29, 0.717) is 0 Å². The second-order valence-electron chi connectivity index (χ2n) is 6.77. The minimum atomic E-state index is -0.0560. The van der Waals surface area contributed by atoms with Gasteiger partial charge < -0.3 is 15.4 Å². The summed E-state index contributed by atoms with van der Waals surface area (Å²) in [4.78, 5) is 11.2. The van der Waals surface area contributed by atoms with E-state index in [0.717, 1.165) is 36.1 Å². The number of benzene rings is 2. The molecule has 3 rings (SSSR count). The van der Waals surface area contributed by atoms with Crippen LogP contribution in [0.1, 0.15) is 43.9 Å². The average molecular weight is 338 g/mol. The molecular weight excluding hydrogens is 312 g/mol. The molecule has 1 amide bonds. The third-order valence-electron chi connectivity index (χ3n) is 4.45. The molecule has 1 aliphatic carbocycles. The first-order valence-electron chi connectivity index (χ1n) is 8.93. The quantitative estimate of drug-likeness (QED) is 0.755. The summed E-state index contributed by atoms with van der Waals surface area (Å²) in [7, 11) is 0. The number of hydrogen-bond donors (Lipinski definition) is 2. The van der Waals surface area contributed by atoms with Crippen LogP contribution >= 0.6 is 0 Å². The van der Waals surface area contributed by atoms with Crippen LogP contribution in [0.3, 0.4) is 0 Å². The van der Waals surface area contributed by atoms with Gasteiger partial charge in [-0.15, -0.1) is 0 Å². The Kier molecular flexibility index (Phi) is 5.71. The number of rotatable bonds is 8. The molecule has 132 valence electrons. The van der Waals surface area contributed by atoms with Crippen molar-refractivity contribution in [2.45, 2.75) is 39.3 Å². The molecule has 0 heterocycles. The topological polar surface area (TPSA) is 50.4 Å². The van der Waals surface area contributed by atoms with Gasteiger partial charge in [0.15, 0.2) is 0 Å². The number of ether oxygens (including phenoxy) is 1. The molecule has 1 saturated carbocycles. The highest BCUT2D eigenvalue weighted by atomic mass is 16.5. The Bertz CT molecular complexity index is 725. The van der Waals surface area contributed by atoms with E-state index in [4.69, 9.17) is 4.74 Å². The van der Waals surface area contributed by atoms with Crippen molar-refractivity contribution < 1.29 is 9.53 Å². The summed E-state index contributed by atoms with van der Waals surface area (Å²) in [6.07, 6.45) is 2.59. The molecule has 2 aromatic rings. The predicted molar refractivity (Wildman–Crippen MR) is 101 cm³/mol. The zero-order valence-electron chi connectivity index (χ0n) is 14.9. The maximum Gasteiger partial charge on any atom is 0.221 e. The Hall–Kier alpha value is -2.33. The lowest BCUT2D eigenvalue weighted by molar-refractivity contribution is -0.114. The average Bonchev–Trinajstić information content (AvgIpc) is 3.42. The van der Waals surface area contributed by atoms with Gasteiger partial charge in [-0.3, -0.25) is 4.79 Å². The molecule has 1 fully saturated rings. The summed E-state index contributed by atoms with van der Waals surface area (Å²) in [6, 6.07) is 16.3. The summed E-state index contributed by atoms with van der Waals surface area (Å²) in [6.45, 7) is 5.21. The molecule has 4 heteroatoms. The second kappa shape index (κ2) is 8.17. The maximum atomic E-state index is 11.2. The van der Waals surface area contributed by atoms with Crippen LogP contribution in [0.2, 0.25) is 0 Å². The van der Waals surface area contributed by atoms with E-state index in [2.05, 4.69) is 29.7 Å². The van der Waals surface area contributed by atoms with Crippen molar-refractivity contribution in [2.24, 2.45) is 5.92 Å². The SMILES string of the molecule is CC(=O)Nc1cccc([C@H](C)NCc2ccccc2OCC2CC2)c1. The van der Waals surface area contributed by atoms with E-state index in [1.807, 2.05) is 36.4 Å². The zero-order chi connectivity index (χ0) is 17.6. The number of carbonyl (C=O) groups excluding carboxylic acids is 1. The lowest BCUT2D eigenvalue weighted by Crippen LogP contribution is -2.19. The van der Waals surface area contributed by atoms with Crippen molar-refractivity contribution in [1.29, 1.82) is 0 Å². The van der Waals surface area contributed by atoms with E-state index in [1.165, 1.54) is 25.3 Å². The summed E-state index contributed by atoms with van der Waals surface area (Å²) >= 11 is 0. The van der Waals surface area contributed by atoms with Crippen LogP contribution in [0.4, 0.5) is 5.69 Å². The third kappa shape index (κ3) is 5.33. The van der Waals surface area contributed by atoms with Crippen LogP contribution in [0.15, 0.2) is 48.5 Å². The van der Waals surface area contributed by atoms with Crippen molar-refractivity contribution in [3.8, 4) is 5.75 Å². The predicted octanol–water partition coefficient (Wildman–Crippen LogP) is 4.28. The molecule has 0 radical (unpaired) electrons. The van der Waals surface area contributed by atoms with Crippen molar-refractivity contribution in [3.63, 3.8) is 0 Å². The first-order valence-corrected chi connectivity index (χ1v) is 8.93. The molecule has 1 aliphatic rings. The van der Waals surface area contributed by atoms with Gasteiger partial charge in [-0.25, -0.2) is 0 Å². The van der Waals surface area contributed by atoms with E-state index < -0.39 is 0 Å². The smallest absolute Gasteiger partial charge is 0.221 e. The van der Waals surface area contributed by atoms with E-state index in [-0.39, 0.29) is 11.9 Å². The second-order valence-corrected chi connectivity index (χ2v) is 6.77. The highest BCUT2D eigenvalue weighted by Gasteiger charge is 2.22. The normalized spacial score (nSPS) is 14.8. The van der Waals surface area contributed by atoms with Gasteiger partial charge in [0.05, 0.1) is 6.61 Å². The van der Waals surface area contributed by atoms with Crippen molar-refractivity contribution in [1.82, 2.24) is 5.32 Å². The Morgan fingerprint density at radius 3 is 2.76 bits per heavy atom. The number of anilines is 1. The maximum absolute atomic E-state index is 11.2. The first kappa shape index (κ1) is 17.5. The van der Waals surface area contributed by atoms with E-state index in [1.54, 1.807) is 0 Å². The molecule has 0 unspecified atom stereocenters. The van der Waals surface area contributed by atoms with Crippen LogP contribution < -0.4 is 15.4 Å². The third-order valence-corrected chi connectivity index (χ3v) is 4.45. The van der Waals surface area contributed by atoms with Crippen LogP contribution in [0.25, 0.3) is 0 Å². The fraction of sp³-hybridized carbons (Fsp3) is 0.381. The van der Waals surface area contributed by atoms with Crippen LogP contribution in [0, 0.1) is 5.92 Å². The van der Waals surface area contributed by atoms with Crippen molar-refractivity contribution >= 4 is 11.6 Å². The number of amides is 1. The van der Waals surface area contributed by atoms with Gasteiger partial charge in [0.25, 0.3) is 0 Å². The molecule has 0 saturated heterocycles. The van der Waals surface area contributed by atoms with Crippen molar-refractivity contribution in [3.05, 3.63) is 59.7 Å². The molecule has 1 atom stereocenters. The number of para-hydroxylation sites is 1. The van der Waals surface area contributed by atoms with Gasteiger partial charge >= 0.3 is 0 Å². The van der Waals surface area contributed by atoms with Crippen LogP contribution in [0.5, 0.6) is 5.75 Å². The highest BCUT2D eigenvalue weighted by molar-refractivity contribution is 5.88. The Morgan fingerprint density at radius 1 is 1.20 bits per heavy atom. The summed E-state index contributed by atoms with van der Waals surface area (Å²) in [5.74, 6) is 1.66. The van der Waals surface area contributed by atoms with Gasteiger partial charge in [0.1, 0.15) is 5.75 Å². The molecule has 0 spiro atoms. The Morgan fingerprint density at radius 2 is 2.00 bits per heavy atom. The van der Waals surface area contributed by atoms with Gasteiger partial charge in [0.2, 0.25) is 5.91 Å². The largest absolute Gasteiger partial charge is 0.493 e. The lowest BCUT2D eigenvalue weighted by Gasteiger charge is -2.17. The molecule has 0 aliphatic heterocycles. The minimum absolute atomic E-state index is 0.0560. The lowest BCUT2D eigenvalue weighted by atomic mass is 10.1. The van der Waals surface area contributed by atoms with Gasteiger partial charge in [0, 0.05) is 30.8 Å². The van der Waals surface area contributed by atoms with Gasteiger partial charge in [-0.05, 0) is 49.4 Å². The van der Waals surface area contributed by atoms with Crippen LogP contribution in [-0.4, -0.2) is 12.5 Å². The Balaban J connectivity index is 1.60. The van der Waals surface area contributed by atoms with Gasteiger partial charge in [-0.2, -0.15) is 0 Å². The molecule has 0 aromatic heterocycles. The fourth-order valence-corrected chi connectivity index (χ4v) is 2.75. The summed E-state index contributed by atoms with van der Waals surface area (Å²) in [5.41, 5.74) is 3.14. The van der Waals surface area contributed by atoms with E-state index >= 15 is 0 Å². The monoisotopic (exact) mass is 338 g/mol.